The molecule has 0 unspecified atom stereocenters. The van der Waals surface area contributed by atoms with Gasteiger partial charge in [-0.2, -0.15) is 5.10 Å². The van der Waals surface area contributed by atoms with E-state index < -0.39 is 0 Å². The smallest absolute Gasteiger partial charge is 0.0640 e. The van der Waals surface area contributed by atoms with Crippen LogP contribution in [0.5, 0.6) is 0 Å². The lowest BCUT2D eigenvalue weighted by atomic mass is 10.2. The van der Waals surface area contributed by atoms with Gasteiger partial charge < -0.3 is 10.6 Å². The summed E-state index contributed by atoms with van der Waals surface area (Å²) >= 11 is 0. The lowest BCUT2D eigenvalue weighted by Crippen LogP contribution is -2.22. The van der Waals surface area contributed by atoms with Crippen molar-refractivity contribution in [2.45, 2.75) is 25.8 Å². The molecule has 0 radical (unpaired) electrons. The molecule has 0 aliphatic carbocycles. The first-order valence-electron chi connectivity index (χ1n) is 5.74. The Bertz CT molecular complexity index is 312. The second kappa shape index (κ2) is 4.77. The van der Waals surface area contributed by atoms with Crippen molar-refractivity contribution in [2.75, 3.05) is 19.6 Å². The normalized spacial score (nSPS) is 17.5. The van der Waals surface area contributed by atoms with Gasteiger partial charge in [0.1, 0.15) is 0 Å². The number of rotatable bonds is 4. The molecule has 0 amide bonds. The Morgan fingerprint density at radius 1 is 1.40 bits per heavy atom. The Morgan fingerprint density at radius 3 is 2.73 bits per heavy atom. The molecule has 1 aliphatic rings. The maximum atomic E-state index is 5.61. The zero-order chi connectivity index (χ0) is 10.7. The number of aromatic nitrogens is 2. The molecule has 0 atom stereocenters. The first kappa shape index (κ1) is 10.6. The third-order valence-electron chi connectivity index (χ3n) is 3.12. The van der Waals surface area contributed by atoms with Crippen LogP contribution in [0.25, 0.3) is 0 Å². The van der Waals surface area contributed by atoms with Gasteiger partial charge in [0.2, 0.25) is 0 Å². The van der Waals surface area contributed by atoms with Crippen LogP contribution >= 0.6 is 0 Å². The van der Waals surface area contributed by atoms with Crippen LogP contribution < -0.4 is 5.73 Å². The Kier molecular flexibility index (Phi) is 3.38. The molecule has 1 aromatic rings. The molecule has 2 rings (SSSR count). The van der Waals surface area contributed by atoms with Crippen molar-refractivity contribution in [1.82, 2.24) is 14.7 Å². The molecule has 2 N–H and O–H groups in total. The molecule has 0 saturated carbocycles. The average Bonchev–Trinajstić information content (AvgIpc) is 2.83. The molecule has 1 aromatic heterocycles. The van der Waals surface area contributed by atoms with Gasteiger partial charge >= 0.3 is 0 Å². The predicted octanol–water partition coefficient (Wildman–Crippen LogP) is 0.517. The van der Waals surface area contributed by atoms with Crippen LogP contribution in [0.1, 0.15) is 24.2 Å². The highest BCUT2D eigenvalue weighted by Gasteiger charge is 2.12. The van der Waals surface area contributed by atoms with Gasteiger partial charge in [0, 0.05) is 26.6 Å². The van der Waals surface area contributed by atoms with Crippen LogP contribution in [0, 0.1) is 0 Å². The number of nitrogens with zero attached hydrogens (tertiary/aromatic N) is 3. The van der Waals surface area contributed by atoms with Gasteiger partial charge in [-0.15, -0.1) is 0 Å². The molecule has 1 fully saturated rings. The fourth-order valence-corrected chi connectivity index (χ4v) is 2.16. The number of hydrogen-bond donors (Lipinski definition) is 1. The van der Waals surface area contributed by atoms with E-state index in [9.17, 15) is 0 Å². The number of aryl methyl sites for hydroxylation is 1. The highest BCUT2D eigenvalue weighted by atomic mass is 15.3. The molecule has 84 valence electrons. The second-order valence-electron chi connectivity index (χ2n) is 4.25. The summed E-state index contributed by atoms with van der Waals surface area (Å²) in [4.78, 5) is 2.51. The summed E-state index contributed by atoms with van der Waals surface area (Å²) in [6.45, 7) is 4.24. The monoisotopic (exact) mass is 208 g/mol. The van der Waals surface area contributed by atoms with E-state index in [2.05, 4.69) is 16.1 Å². The van der Waals surface area contributed by atoms with E-state index in [1.807, 2.05) is 11.7 Å². The minimum atomic E-state index is 0.577. The van der Waals surface area contributed by atoms with E-state index in [-0.39, 0.29) is 0 Å². The molecule has 4 nitrogen and oxygen atoms in total. The van der Waals surface area contributed by atoms with Crippen molar-refractivity contribution >= 4 is 0 Å². The largest absolute Gasteiger partial charge is 0.325 e. The molecule has 1 saturated heterocycles. The molecule has 4 heteroatoms. The summed E-state index contributed by atoms with van der Waals surface area (Å²) in [5.74, 6) is 0. The molecule has 0 aromatic carbocycles. The maximum Gasteiger partial charge on any atom is 0.0640 e. The SMILES string of the molecule is Cn1nc(CCN2CCCC2)cc1CN. The van der Waals surface area contributed by atoms with Crippen molar-refractivity contribution in [3.05, 3.63) is 17.5 Å². The predicted molar refractivity (Wildman–Crippen MR) is 60.5 cm³/mol. The zero-order valence-corrected chi connectivity index (χ0v) is 9.45. The van der Waals surface area contributed by atoms with Crippen LogP contribution in [0.3, 0.4) is 0 Å². The third kappa shape index (κ3) is 2.58. The number of hydrogen-bond acceptors (Lipinski definition) is 3. The third-order valence-corrected chi connectivity index (χ3v) is 3.12. The van der Waals surface area contributed by atoms with Crippen LogP contribution in [-0.4, -0.2) is 34.3 Å². The quantitative estimate of drug-likeness (QED) is 0.784. The fraction of sp³-hybridized carbons (Fsp3) is 0.727. The molecule has 2 heterocycles. The van der Waals surface area contributed by atoms with E-state index in [1.54, 1.807) is 0 Å². The van der Waals surface area contributed by atoms with Crippen LogP contribution in [0.15, 0.2) is 6.07 Å². The van der Waals surface area contributed by atoms with Gasteiger partial charge in [0.25, 0.3) is 0 Å². The number of likely N-dealkylation sites (tertiary alicyclic amines) is 1. The lowest BCUT2D eigenvalue weighted by molar-refractivity contribution is 0.342. The maximum absolute atomic E-state index is 5.61. The number of nitrogens with two attached hydrogens (primary N) is 1. The zero-order valence-electron chi connectivity index (χ0n) is 9.45. The lowest BCUT2D eigenvalue weighted by Gasteiger charge is -2.12. The Labute approximate surface area is 91.1 Å². The van der Waals surface area contributed by atoms with Gasteiger partial charge in [0.15, 0.2) is 0 Å². The highest BCUT2D eigenvalue weighted by molar-refractivity contribution is 5.10. The van der Waals surface area contributed by atoms with Gasteiger partial charge in [-0.1, -0.05) is 0 Å². The minimum absolute atomic E-state index is 0.577. The fourth-order valence-electron chi connectivity index (χ4n) is 2.16. The van der Waals surface area contributed by atoms with Crippen molar-refractivity contribution < 1.29 is 0 Å². The van der Waals surface area contributed by atoms with Crippen molar-refractivity contribution in [3.8, 4) is 0 Å². The molecule has 0 bridgehead atoms. The van der Waals surface area contributed by atoms with E-state index in [1.165, 1.54) is 31.6 Å². The van der Waals surface area contributed by atoms with Crippen molar-refractivity contribution in [3.63, 3.8) is 0 Å². The summed E-state index contributed by atoms with van der Waals surface area (Å²) in [5, 5.41) is 4.45. The summed E-state index contributed by atoms with van der Waals surface area (Å²) in [6, 6.07) is 2.12. The summed E-state index contributed by atoms with van der Waals surface area (Å²) < 4.78 is 1.89. The summed E-state index contributed by atoms with van der Waals surface area (Å²) in [6.07, 6.45) is 3.76. The van der Waals surface area contributed by atoms with E-state index in [4.69, 9.17) is 5.73 Å². The van der Waals surface area contributed by atoms with Gasteiger partial charge in [-0.05, 0) is 32.0 Å². The van der Waals surface area contributed by atoms with Gasteiger partial charge in [0.05, 0.1) is 11.4 Å². The van der Waals surface area contributed by atoms with E-state index in [0.717, 1.165) is 18.7 Å². The van der Waals surface area contributed by atoms with Gasteiger partial charge in [-0.25, -0.2) is 0 Å². The van der Waals surface area contributed by atoms with E-state index >= 15 is 0 Å². The Hall–Kier alpha value is -0.870. The standard InChI is InChI=1S/C11H20N4/c1-14-11(9-12)8-10(13-14)4-7-15-5-2-3-6-15/h8H,2-7,9,12H2,1H3. The first-order chi connectivity index (χ1) is 7.29. The minimum Gasteiger partial charge on any atom is -0.325 e. The van der Waals surface area contributed by atoms with Crippen LogP contribution in [-0.2, 0) is 20.0 Å². The molecular weight excluding hydrogens is 188 g/mol. The second-order valence-corrected chi connectivity index (χ2v) is 4.25. The summed E-state index contributed by atoms with van der Waals surface area (Å²) in [7, 11) is 1.96. The van der Waals surface area contributed by atoms with Gasteiger partial charge in [-0.3, -0.25) is 4.68 Å². The molecule has 1 aliphatic heterocycles. The topological polar surface area (TPSA) is 47.1 Å². The van der Waals surface area contributed by atoms with Crippen LogP contribution in [0.4, 0.5) is 0 Å². The summed E-state index contributed by atoms with van der Waals surface area (Å²) in [5.41, 5.74) is 7.90. The molecule has 15 heavy (non-hydrogen) atoms. The molecule has 0 spiro atoms. The van der Waals surface area contributed by atoms with Crippen LogP contribution in [0.2, 0.25) is 0 Å². The van der Waals surface area contributed by atoms with E-state index in [0.29, 0.717) is 6.54 Å². The first-order valence-corrected chi connectivity index (χ1v) is 5.74. The van der Waals surface area contributed by atoms with Crippen molar-refractivity contribution in [1.29, 1.82) is 0 Å². The Morgan fingerprint density at radius 2 is 2.13 bits per heavy atom. The Balaban J connectivity index is 1.87. The molecular formula is C11H20N4. The highest BCUT2D eigenvalue weighted by Crippen LogP contribution is 2.09. The van der Waals surface area contributed by atoms with Crippen molar-refractivity contribution in [2.24, 2.45) is 12.8 Å². The average molecular weight is 208 g/mol.